The number of likely N-dealkylation sites (N-methyl/N-ethyl adjacent to an activating group) is 1. The van der Waals surface area contributed by atoms with Crippen LogP contribution in [0.5, 0.6) is 0 Å². The molecule has 0 aliphatic carbocycles. The first-order valence-corrected chi connectivity index (χ1v) is 5.68. The van der Waals surface area contributed by atoms with Gasteiger partial charge < -0.3 is 10.6 Å². The molecule has 6 heteroatoms. The van der Waals surface area contributed by atoms with E-state index in [0.717, 1.165) is 12.7 Å². The number of primary amides is 1. The van der Waals surface area contributed by atoms with Crippen LogP contribution in [0, 0.1) is 5.82 Å². The van der Waals surface area contributed by atoms with Gasteiger partial charge in [0.15, 0.2) is 0 Å². The summed E-state index contributed by atoms with van der Waals surface area (Å²) in [5.41, 5.74) is 4.73. The Morgan fingerprint density at radius 1 is 1.56 bits per heavy atom. The molecule has 0 spiro atoms. The van der Waals surface area contributed by atoms with Gasteiger partial charge in [-0.1, -0.05) is 0 Å². The SMILES string of the molecule is CN(C)CCNC(C)(C(N)=O)c1ccc(F)cn1. The van der Waals surface area contributed by atoms with Gasteiger partial charge in [-0.05, 0) is 33.2 Å². The molecule has 3 N–H and O–H groups in total. The van der Waals surface area contributed by atoms with Crippen molar-refractivity contribution in [2.45, 2.75) is 12.5 Å². The maximum atomic E-state index is 12.8. The molecule has 1 amide bonds. The Morgan fingerprint density at radius 3 is 2.67 bits per heavy atom. The highest BCUT2D eigenvalue weighted by molar-refractivity contribution is 5.85. The van der Waals surface area contributed by atoms with Crippen LogP contribution in [0.2, 0.25) is 0 Å². The normalized spacial score (nSPS) is 14.5. The van der Waals surface area contributed by atoms with Gasteiger partial charge in [-0.3, -0.25) is 15.1 Å². The molecule has 1 heterocycles. The Labute approximate surface area is 106 Å². The van der Waals surface area contributed by atoms with Crippen molar-refractivity contribution in [1.29, 1.82) is 0 Å². The molecule has 100 valence electrons. The van der Waals surface area contributed by atoms with Gasteiger partial charge in [0.1, 0.15) is 11.4 Å². The van der Waals surface area contributed by atoms with Crippen LogP contribution >= 0.6 is 0 Å². The lowest BCUT2D eigenvalue weighted by molar-refractivity contribution is -0.124. The summed E-state index contributed by atoms with van der Waals surface area (Å²) < 4.78 is 12.8. The number of pyridine rings is 1. The minimum atomic E-state index is -1.09. The molecular formula is C12H19FN4O. The summed E-state index contributed by atoms with van der Waals surface area (Å²) in [6.45, 7) is 2.97. The van der Waals surface area contributed by atoms with E-state index >= 15 is 0 Å². The number of amides is 1. The van der Waals surface area contributed by atoms with Gasteiger partial charge in [-0.15, -0.1) is 0 Å². The third-order valence-electron chi connectivity index (χ3n) is 2.77. The summed E-state index contributed by atoms with van der Waals surface area (Å²) in [6, 6.07) is 2.72. The molecular weight excluding hydrogens is 235 g/mol. The smallest absolute Gasteiger partial charge is 0.243 e. The van der Waals surface area contributed by atoms with Crippen LogP contribution in [0.25, 0.3) is 0 Å². The first-order valence-electron chi connectivity index (χ1n) is 5.68. The van der Waals surface area contributed by atoms with Crippen LogP contribution in [-0.4, -0.2) is 43.0 Å². The molecule has 1 aromatic heterocycles. The molecule has 1 aromatic rings. The van der Waals surface area contributed by atoms with E-state index in [0.29, 0.717) is 12.2 Å². The highest BCUT2D eigenvalue weighted by atomic mass is 19.1. The van der Waals surface area contributed by atoms with Crippen molar-refractivity contribution in [3.05, 3.63) is 29.8 Å². The first kappa shape index (κ1) is 14.5. The Balaban J connectivity index is 2.86. The van der Waals surface area contributed by atoms with Gasteiger partial charge in [-0.2, -0.15) is 0 Å². The van der Waals surface area contributed by atoms with E-state index in [1.54, 1.807) is 6.92 Å². The van der Waals surface area contributed by atoms with Crippen molar-refractivity contribution in [3.8, 4) is 0 Å². The van der Waals surface area contributed by atoms with Crippen LogP contribution in [0.3, 0.4) is 0 Å². The van der Waals surface area contributed by atoms with Gasteiger partial charge >= 0.3 is 0 Å². The average molecular weight is 254 g/mol. The summed E-state index contributed by atoms with van der Waals surface area (Å²) in [5.74, 6) is -0.987. The molecule has 1 unspecified atom stereocenters. The van der Waals surface area contributed by atoms with Crippen LogP contribution in [0.4, 0.5) is 4.39 Å². The molecule has 5 nitrogen and oxygen atoms in total. The van der Waals surface area contributed by atoms with Gasteiger partial charge in [0.2, 0.25) is 5.91 Å². The zero-order valence-corrected chi connectivity index (χ0v) is 10.9. The van der Waals surface area contributed by atoms with Crippen LogP contribution in [-0.2, 0) is 10.3 Å². The maximum absolute atomic E-state index is 12.8. The molecule has 0 fully saturated rings. The summed E-state index contributed by atoms with van der Waals surface area (Å²) >= 11 is 0. The van der Waals surface area contributed by atoms with Crippen molar-refractivity contribution >= 4 is 5.91 Å². The largest absolute Gasteiger partial charge is 0.368 e. The van der Waals surface area contributed by atoms with E-state index in [9.17, 15) is 9.18 Å². The van der Waals surface area contributed by atoms with Crippen molar-refractivity contribution in [3.63, 3.8) is 0 Å². The van der Waals surface area contributed by atoms with Crippen LogP contribution < -0.4 is 11.1 Å². The van der Waals surface area contributed by atoms with Gasteiger partial charge in [0, 0.05) is 13.1 Å². The summed E-state index contributed by atoms with van der Waals surface area (Å²) in [6.07, 6.45) is 1.07. The zero-order chi connectivity index (χ0) is 13.8. The molecule has 0 aliphatic heterocycles. The molecule has 1 atom stereocenters. The Morgan fingerprint density at radius 2 is 2.22 bits per heavy atom. The fraction of sp³-hybridized carbons (Fsp3) is 0.500. The lowest BCUT2D eigenvalue weighted by atomic mass is 9.96. The number of carbonyl (C=O) groups excluding carboxylic acids is 1. The fourth-order valence-electron chi connectivity index (χ4n) is 1.50. The minimum Gasteiger partial charge on any atom is -0.368 e. The van der Waals surface area contributed by atoms with Crippen molar-refractivity contribution < 1.29 is 9.18 Å². The minimum absolute atomic E-state index is 0.412. The number of hydrogen-bond acceptors (Lipinski definition) is 4. The third kappa shape index (κ3) is 3.48. The summed E-state index contributed by atoms with van der Waals surface area (Å²) in [7, 11) is 3.86. The Hall–Kier alpha value is -1.53. The molecule has 0 saturated heterocycles. The number of aromatic nitrogens is 1. The number of rotatable bonds is 6. The fourth-order valence-corrected chi connectivity index (χ4v) is 1.50. The maximum Gasteiger partial charge on any atom is 0.243 e. The van der Waals surface area contributed by atoms with E-state index < -0.39 is 17.3 Å². The van der Waals surface area contributed by atoms with Crippen LogP contribution in [0.1, 0.15) is 12.6 Å². The second-order valence-electron chi connectivity index (χ2n) is 4.58. The van der Waals surface area contributed by atoms with Gasteiger partial charge in [0.05, 0.1) is 11.9 Å². The van der Waals surface area contributed by atoms with E-state index in [1.165, 1.54) is 12.1 Å². The molecule has 0 aromatic carbocycles. The lowest BCUT2D eigenvalue weighted by Crippen LogP contribution is -2.52. The zero-order valence-electron chi connectivity index (χ0n) is 10.9. The van der Waals surface area contributed by atoms with Crippen LogP contribution in [0.15, 0.2) is 18.3 Å². The van der Waals surface area contributed by atoms with E-state index in [1.807, 2.05) is 19.0 Å². The predicted molar refractivity (Wildman–Crippen MR) is 67.3 cm³/mol. The standard InChI is InChI=1S/C12H19FN4O/c1-12(11(14)18,16-6-7-17(2)3)10-5-4-9(13)8-15-10/h4-5,8,16H,6-7H2,1-3H3,(H2,14,18). The Kier molecular flexibility index (Phi) is 4.75. The van der Waals surface area contributed by atoms with Gasteiger partial charge in [0.25, 0.3) is 0 Å². The quantitative estimate of drug-likeness (QED) is 0.754. The Bertz CT molecular complexity index is 407. The number of nitrogens with two attached hydrogens (primary N) is 1. The van der Waals surface area contributed by atoms with Gasteiger partial charge in [-0.25, -0.2) is 4.39 Å². The van der Waals surface area contributed by atoms with Crippen molar-refractivity contribution in [2.24, 2.45) is 5.73 Å². The number of hydrogen-bond donors (Lipinski definition) is 2. The summed E-state index contributed by atoms with van der Waals surface area (Å²) in [4.78, 5) is 17.5. The summed E-state index contributed by atoms with van der Waals surface area (Å²) in [5, 5.41) is 3.06. The number of carbonyl (C=O) groups is 1. The molecule has 0 saturated carbocycles. The molecule has 0 bridgehead atoms. The molecule has 18 heavy (non-hydrogen) atoms. The third-order valence-corrected chi connectivity index (χ3v) is 2.77. The molecule has 0 radical (unpaired) electrons. The second-order valence-corrected chi connectivity index (χ2v) is 4.58. The van der Waals surface area contributed by atoms with E-state index in [-0.39, 0.29) is 0 Å². The van der Waals surface area contributed by atoms with E-state index in [4.69, 9.17) is 5.73 Å². The highest BCUT2D eigenvalue weighted by Crippen LogP contribution is 2.18. The molecule has 1 rings (SSSR count). The second kappa shape index (κ2) is 5.88. The first-order chi connectivity index (χ1) is 8.36. The number of halogens is 1. The monoisotopic (exact) mass is 254 g/mol. The average Bonchev–Trinajstić information content (AvgIpc) is 2.28. The van der Waals surface area contributed by atoms with Crippen molar-refractivity contribution in [1.82, 2.24) is 15.2 Å². The topological polar surface area (TPSA) is 71.2 Å². The molecule has 0 aliphatic rings. The number of nitrogens with zero attached hydrogens (tertiary/aromatic N) is 2. The van der Waals surface area contributed by atoms with Crippen molar-refractivity contribution in [2.75, 3.05) is 27.2 Å². The predicted octanol–water partition coefficient (Wildman–Crippen LogP) is 0.0724. The highest BCUT2D eigenvalue weighted by Gasteiger charge is 2.33. The van der Waals surface area contributed by atoms with E-state index in [2.05, 4.69) is 10.3 Å². The number of nitrogens with one attached hydrogen (secondary N) is 1. The lowest BCUT2D eigenvalue weighted by Gasteiger charge is -2.27.